The summed E-state index contributed by atoms with van der Waals surface area (Å²) in [7, 11) is 0. The van der Waals surface area contributed by atoms with Gasteiger partial charge in [0.2, 0.25) is 0 Å². The molecule has 0 aromatic carbocycles. The fourth-order valence-corrected chi connectivity index (χ4v) is 4.09. The SMILES string of the molecule is Clc1cc(C2CNCC3(CCCCCC3)O2)cs1. The van der Waals surface area contributed by atoms with E-state index in [9.17, 15) is 0 Å². The van der Waals surface area contributed by atoms with Gasteiger partial charge in [-0.2, -0.15) is 0 Å². The van der Waals surface area contributed by atoms with Crippen molar-refractivity contribution in [3.8, 4) is 0 Å². The van der Waals surface area contributed by atoms with Crippen LogP contribution >= 0.6 is 22.9 Å². The average Bonchev–Trinajstić information content (AvgIpc) is 2.69. The molecule has 18 heavy (non-hydrogen) atoms. The molecule has 1 aromatic rings. The Morgan fingerprint density at radius 2 is 2.06 bits per heavy atom. The molecule has 1 saturated carbocycles. The van der Waals surface area contributed by atoms with E-state index in [0.29, 0.717) is 0 Å². The van der Waals surface area contributed by atoms with Gasteiger partial charge >= 0.3 is 0 Å². The number of thiophene rings is 1. The smallest absolute Gasteiger partial charge is 0.0965 e. The Balaban J connectivity index is 1.74. The van der Waals surface area contributed by atoms with Gasteiger partial charge in [-0.25, -0.2) is 0 Å². The summed E-state index contributed by atoms with van der Waals surface area (Å²) in [5.41, 5.74) is 1.31. The van der Waals surface area contributed by atoms with Crippen LogP contribution in [0.4, 0.5) is 0 Å². The average molecular weight is 286 g/mol. The van der Waals surface area contributed by atoms with Crippen molar-refractivity contribution in [2.45, 2.75) is 50.2 Å². The summed E-state index contributed by atoms with van der Waals surface area (Å²) in [6.07, 6.45) is 7.92. The number of hydrogen-bond acceptors (Lipinski definition) is 3. The first-order chi connectivity index (χ1) is 8.77. The molecular formula is C14H20ClNOS. The standard InChI is InChI=1S/C14H20ClNOS/c15-13-7-11(9-18-13)12-8-16-10-14(17-12)5-3-1-2-4-6-14/h7,9,12,16H,1-6,8,10H2. The third-order valence-corrected chi connectivity index (χ3v) is 5.25. The van der Waals surface area contributed by atoms with Crippen molar-refractivity contribution in [3.63, 3.8) is 0 Å². The van der Waals surface area contributed by atoms with Gasteiger partial charge in [0.05, 0.1) is 16.0 Å². The fourth-order valence-electron chi connectivity index (χ4n) is 3.16. The lowest BCUT2D eigenvalue weighted by atomic mass is 9.91. The largest absolute Gasteiger partial charge is 0.364 e. The highest BCUT2D eigenvalue weighted by Gasteiger charge is 2.38. The summed E-state index contributed by atoms with van der Waals surface area (Å²) in [6, 6.07) is 2.05. The van der Waals surface area contributed by atoms with Gasteiger partial charge in [-0.1, -0.05) is 37.3 Å². The van der Waals surface area contributed by atoms with Crippen LogP contribution in [-0.2, 0) is 4.74 Å². The minimum Gasteiger partial charge on any atom is -0.364 e. The van der Waals surface area contributed by atoms with Gasteiger partial charge in [0.15, 0.2) is 0 Å². The predicted octanol–water partition coefficient (Wildman–Crippen LogP) is 4.16. The minimum absolute atomic E-state index is 0.0772. The van der Waals surface area contributed by atoms with Gasteiger partial charge < -0.3 is 10.1 Å². The number of morpholine rings is 1. The molecule has 1 aliphatic carbocycles. The highest BCUT2D eigenvalue weighted by atomic mass is 35.5. The Morgan fingerprint density at radius 3 is 2.72 bits per heavy atom. The third kappa shape index (κ3) is 2.74. The number of ether oxygens (including phenoxy) is 1. The third-order valence-electron chi connectivity index (χ3n) is 4.14. The Kier molecular flexibility index (Phi) is 3.94. The van der Waals surface area contributed by atoms with E-state index in [1.54, 1.807) is 11.3 Å². The lowest BCUT2D eigenvalue weighted by Crippen LogP contribution is -2.50. The molecule has 1 saturated heterocycles. The van der Waals surface area contributed by atoms with E-state index in [0.717, 1.165) is 17.4 Å². The van der Waals surface area contributed by atoms with Crippen LogP contribution in [0.2, 0.25) is 4.34 Å². The van der Waals surface area contributed by atoms with Gasteiger partial charge in [0.25, 0.3) is 0 Å². The molecule has 1 aliphatic heterocycles. The second-order valence-corrected chi connectivity index (χ2v) is 7.06. The zero-order valence-corrected chi connectivity index (χ0v) is 12.2. The molecule has 2 aliphatic rings. The molecule has 0 amide bonds. The first-order valence-electron chi connectivity index (χ1n) is 6.90. The van der Waals surface area contributed by atoms with Crippen molar-refractivity contribution in [3.05, 3.63) is 21.3 Å². The maximum Gasteiger partial charge on any atom is 0.0965 e. The van der Waals surface area contributed by atoms with Gasteiger partial charge in [0.1, 0.15) is 0 Å². The molecule has 3 rings (SSSR count). The summed E-state index contributed by atoms with van der Waals surface area (Å²) in [5, 5.41) is 5.70. The molecule has 1 aromatic heterocycles. The van der Waals surface area contributed by atoms with E-state index in [1.807, 2.05) is 6.07 Å². The van der Waals surface area contributed by atoms with Gasteiger partial charge in [-0.15, -0.1) is 11.3 Å². The second-order valence-electron chi connectivity index (χ2n) is 5.52. The zero-order chi connectivity index (χ0) is 12.4. The number of rotatable bonds is 1. The van der Waals surface area contributed by atoms with E-state index >= 15 is 0 Å². The molecule has 2 heterocycles. The molecule has 0 bridgehead atoms. The van der Waals surface area contributed by atoms with E-state index < -0.39 is 0 Å². The van der Waals surface area contributed by atoms with Gasteiger partial charge in [-0.05, 0) is 29.9 Å². The van der Waals surface area contributed by atoms with E-state index in [-0.39, 0.29) is 11.7 Å². The molecule has 2 nitrogen and oxygen atoms in total. The highest BCUT2D eigenvalue weighted by molar-refractivity contribution is 7.14. The Hall–Kier alpha value is -0.0900. The van der Waals surface area contributed by atoms with Crippen LogP contribution in [0.1, 0.15) is 50.2 Å². The maximum atomic E-state index is 6.48. The van der Waals surface area contributed by atoms with E-state index in [4.69, 9.17) is 16.3 Å². The number of halogens is 1. The van der Waals surface area contributed by atoms with E-state index in [1.165, 1.54) is 44.1 Å². The summed E-state index contributed by atoms with van der Waals surface area (Å²) in [5.74, 6) is 0. The first-order valence-corrected chi connectivity index (χ1v) is 8.16. The predicted molar refractivity (Wildman–Crippen MR) is 76.5 cm³/mol. The van der Waals surface area contributed by atoms with Crippen molar-refractivity contribution in [1.82, 2.24) is 5.32 Å². The van der Waals surface area contributed by atoms with Crippen molar-refractivity contribution in [1.29, 1.82) is 0 Å². The summed E-state index contributed by atoms with van der Waals surface area (Å²) in [6.45, 7) is 1.93. The molecule has 4 heteroatoms. The highest BCUT2D eigenvalue weighted by Crippen LogP contribution is 2.38. The molecule has 100 valence electrons. The minimum atomic E-state index is 0.0772. The van der Waals surface area contributed by atoms with Crippen LogP contribution in [0.15, 0.2) is 11.4 Å². The van der Waals surface area contributed by atoms with Crippen LogP contribution in [-0.4, -0.2) is 18.7 Å². The van der Waals surface area contributed by atoms with Crippen molar-refractivity contribution in [2.75, 3.05) is 13.1 Å². The Bertz CT molecular complexity index is 398. The molecular weight excluding hydrogens is 266 g/mol. The topological polar surface area (TPSA) is 21.3 Å². The lowest BCUT2D eigenvalue weighted by Gasteiger charge is -2.41. The molecule has 0 radical (unpaired) electrons. The second kappa shape index (κ2) is 5.49. The molecule has 1 spiro atoms. The zero-order valence-electron chi connectivity index (χ0n) is 10.6. The monoisotopic (exact) mass is 285 g/mol. The van der Waals surface area contributed by atoms with Crippen LogP contribution in [0.5, 0.6) is 0 Å². The van der Waals surface area contributed by atoms with Crippen LogP contribution < -0.4 is 5.32 Å². The van der Waals surface area contributed by atoms with Crippen LogP contribution in [0.3, 0.4) is 0 Å². The molecule has 1 N–H and O–H groups in total. The van der Waals surface area contributed by atoms with Gasteiger partial charge in [-0.3, -0.25) is 0 Å². The molecule has 2 fully saturated rings. The summed E-state index contributed by atoms with van der Waals surface area (Å²) >= 11 is 7.62. The number of nitrogens with one attached hydrogen (secondary N) is 1. The maximum absolute atomic E-state index is 6.48. The van der Waals surface area contributed by atoms with Crippen molar-refractivity contribution in [2.24, 2.45) is 0 Å². The van der Waals surface area contributed by atoms with E-state index in [2.05, 4.69) is 10.7 Å². The summed E-state index contributed by atoms with van der Waals surface area (Å²) < 4.78 is 7.34. The van der Waals surface area contributed by atoms with Crippen LogP contribution in [0, 0.1) is 0 Å². The Morgan fingerprint density at radius 1 is 1.28 bits per heavy atom. The number of hydrogen-bond donors (Lipinski definition) is 1. The van der Waals surface area contributed by atoms with Crippen molar-refractivity contribution < 1.29 is 4.74 Å². The first kappa shape index (κ1) is 12.9. The normalized spacial score (nSPS) is 28.2. The molecule has 1 atom stereocenters. The van der Waals surface area contributed by atoms with Crippen molar-refractivity contribution >= 4 is 22.9 Å². The van der Waals surface area contributed by atoms with Crippen LogP contribution in [0.25, 0.3) is 0 Å². The molecule has 1 unspecified atom stereocenters. The lowest BCUT2D eigenvalue weighted by molar-refractivity contribution is -0.126. The van der Waals surface area contributed by atoms with Gasteiger partial charge in [0, 0.05) is 13.1 Å². The summed E-state index contributed by atoms with van der Waals surface area (Å²) in [4.78, 5) is 0. The Labute approximate surface area is 118 Å². The quantitative estimate of drug-likeness (QED) is 0.837. The fraction of sp³-hybridized carbons (Fsp3) is 0.714.